The van der Waals surface area contributed by atoms with Crippen molar-refractivity contribution in [1.82, 2.24) is 4.98 Å². The Labute approximate surface area is 97.3 Å². The van der Waals surface area contributed by atoms with Crippen molar-refractivity contribution in [1.29, 1.82) is 0 Å². The van der Waals surface area contributed by atoms with Gasteiger partial charge in [-0.25, -0.2) is 9.37 Å². The SMILES string of the molecule is O=C1CCCc2oc(-c3ccccc3F)nc21. The highest BCUT2D eigenvalue weighted by Crippen LogP contribution is 2.28. The molecular formula is C13H10FNO2. The van der Waals surface area contributed by atoms with E-state index < -0.39 is 5.82 Å². The van der Waals surface area contributed by atoms with E-state index in [9.17, 15) is 9.18 Å². The lowest BCUT2D eigenvalue weighted by molar-refractivity contribution is 0.0965. The number of aromatic nitrogens is 1. The Kier molecular flexibility index (Phi) is 2.28. The number of benzene rings is 1. The summed E-state index contributed by atoms with van der Waals surface area (Å²) in [5, 5.41) is 0. The molecular weight excluding hydrogens is 221 g/mol. The molecule has 0 amide bonds. The molecule has 0 unspecified atom stereocenters. The van der Waals surface area contributed by atoms with Crippen LogP contribution in [0.25, 0.3) is 11.5 Å². The van der Waals surface area contributed by atoms with E-state index in [-0.39, 0.29) is 11.7 Å². The van der Waals surface area contributed by atoms with E-state index in [1.54, 1.807) is 18.2 Å². The van der Waals surface area contributed by atoms with Crippen LogP contribution in [-0.2, 0) is 6.42 Å². The van der Waals surface area contributed by atoms with Gasteiger partial charge in [-0.15, -0.1) is 0 Å². The summed E-state index contributed by atoms with van der Waals surface area (Å²) >= 11 is 0. The van der Waals surface area contributed by atoms with Crippen LogP contribution < -0.4 is 0 Å². The Bertz CT molecular complexity index is 589. The smallest absolute Gasteiger partial charge is 0.229 e. The molecule has 1 aromatic heterocycles. The Morgan fingerprint density at radius 2 is 2.06 bits per heavy atom. The van der Waals surface area contributed by atoms with Crippen molar-refractivity contribution in [3.8, 4) is 11.5 Å². The summed E-state index contributed by atoms with van der Waals surface area (Å²) < 4.78 is 19.0. The second-order valence-corrected chi connectivity index (χ2v) is 4.05. The van der Waals surface area contributed by atoms with Gasteiger partial charge in [0.05, 0.1) is 5.56 Å². The summed E-state index contributed by atoms with van der Waals surface area (Å²) in [5.41, 5.74) is 0.671. The first-order valence-electron chi connectivity index (χ1n) is 5.53. The van der Waals surface area contributed by atoms with Crippen LogP contribution in [0, 0.1) is 5.82 Å². The van der Waals surface area contributed by atoms with Crippen molar-refractivity contribution in [3.05, 3.63) is 41.5 Å². The number of fused-ring (bicyclic) bond motifs is 1. The molecule has 0 fully saturated rings. The van der Waals surface area contributed by atoms with Gasteiger partial charge in [0, 0.05) is 12.8 Å². The topological polar surface area (TPSA) is 43.1 Å². The molecule has 17 heavy (non-hydrogen) atoms. The minimum Gasteiger partial charge on any atom is -0.440 e. The quantitative estimate of drug-likeness (QED) is 0.757. The molecule has 0 spiro atoms. The maximum absolute atomic E-state index is 13.6. The monoisotopic (exact) mass is 231 g/mol. The fourth-order valence-electron chi connectivity index (χ4n) is 2.02. The molecule has 0 saturated heterocycles. The van der Waals surface area contributed by atoms with E-state index in [1.807, 2.05) is 0 Å². The molecule has 3 nitrogen and oxygen atoms in total. The molecule has 1 aliphatic rings. The second kappa shape index (κ2) is 3.80. The number of rotatable bonds is 1. The van der Waals surface area contributed by atoms with E-state index in [2.05, 4.69) is 4.98 Å². The molecule has 0 N–H and O–H groups in total. The number of carbonyl (C=O) groups excluding carboxylic acids is 1. The highest BCUT2D eigenvalue weighted by atomic mass is 19.1. The Balaban J connectivity index is 2.11. The molecule has 3 rings (SSSR count). The molecule has 0 aliphatic heterocycles. The summed E-state index contributed by atoms with van der Waals surface area (Å²) in [7, 11) is 0. The summed E-state index contributed by atoms with van der Waals surface area (Å²) in [5.74, 6) is 0.374. The average molecular weight is 231 g/mol. The molecule has 86 valence electrons. The van der Waals surface area contributed by atoms with Crippen molar-refractivity contribution < 1.29 is 13.6 Å². The third-order valence-electron chi connectivity index (χ3n) is 2.87. The van der Waals surface area contributed by atoms with E-state index in [4.69, 9.17) is 4.42 Å². The maximum atomic E-state index is 13.6. The van der Waals surface area contributed by atoms with Gasteiger partial charge >= 0.3 is 0 Å². The van der Waals surface area contributed by atoms with E-state index in [0.29, 0.717) is 29.9 Å². The lowest BCUT2D eigenvalue weighted by Gasteiger charge is -2.04. The van der Waals surface area contributed by atoms with Gasteiger partial charge in [-0.3, -0.25) is 4.79 Å². The highest BCUT2D eigenvalue weighted by molar-refractivity contribution is 5.96. The van der Waals surface area contributed by atoms with E-state index in [1.165, 1.54) is 6.07 Å². The third kappa shape index (κ3) is 1.65. The van der Waals surface area contributed by atoms with E-state index >= 15 is 0 Å². The van der Waals surface area contributed by atoms with Crippen LogP contribution >= 0.6 is 0 Å². The fourth-order valence-corrected chi connectivity index (χ4v) is 2.02. The van der Waals surface area contributed by atoms with Crippen LogP contribution in [-0.4, -0.2) is 10.8 Å². The van der Waals surface area contributed by atoms with Crippen molar-refractivity contribution in [3.63, 3.8) is 0 Å². The summed E-state index contributed by atoms with van der Waals surface area (Å²) in [6.45, 7) is 0. The average Bonchev–Trinajstić information content (AvgIpc) is 2.75. The van der Waals surface area contributed by atoms with Gasteiger partial charge in [0.25, 0.3) is 0 Å². The molecule has 1 heterocycles. The number of oxazole rings is 1. The molecule has 2 aromatic rings. The largest absolute Gasteiger partial charge is 0.440 e. The first-order chi connectivity index (χ1) is 8.25. The minimum absolute atomic E-state index is 0.0161. The normalized spacial score (nSPS) is 14.8. The highest BCUT2D eigenvalue weighted by Gasteiger charge is 2.25. The predicted octanol–water partition coefficient (Wildman–Crippen LogP) is 3.00. The molecule has 0 bridgehead atoms. The zero-order chi connectivity index (χ0) is 11.8. The van der Waals surface area contributed by atoms with Crippen molar-refractivity contribution in [2.45, 2.75) is 19.3 Å². The van der Waals surface area contributed by atoms with Crippen LogP contribution in [0.1, 0.15) is 29.1 Å². The Morgan fingerprint density at radius 3 is 2.82 bits per heavy atom. The van der Waals surface area contributed by atoms with Gasteiger partial charge in [0.1, 0.15) is 17.3 Å². The second-order valence-electron chi connectivity index (χ2n) is 4.05. The van der Waals surface area contributed by atoms with Gasteiger partial charge in [-0.2, -0.15) is 0 Å². The van der Waals surface area contributed by atoms with Gasteiger partial charge in [0.2, 0.25) is 5.89 Å². The number of Topliss-reactive ketones (excluding diaryl/α,β-unsaturated/α-hetero) is 1. The third-order valence-corrected chi connectivity index (χ3v) is 2.87. The Morgan fingerprint density at radius 1 is 1.24 bits per heavy atom. The molecule has 1 aromatic carbocycles. The molecule has 4 heteroatoms. The number of hydrogen-bond donors (Lipinski definition) is 0. The van der Waals surface area contributed by atoms with Crippen LogP contribution in [0.4, 0.5) is 4.39 Å². The number of carbonyl (C=O) groups is 1. The van der Waals surface area contributed by atoms with Gasteiger partial charge < -0.3 is 4.42 Å². The Hall–Kier alpha value is -1.97. The van der Waals surface area contributed by atoms with Crippen LogP contribution in [0.2, 0.25) is 0 Å². The van der Waals surface area contributed by atoms with Crippen molar-refractivity contribution in [2.75, 3.05) is 0 Å². The van der Waals surface area contributed by atoms with Crippen LogP contribution in [0.15, 0.2) is 28.7 Å². The molecule has 1 aliphatic carbocycles. The van der Waals surface area contributed by atoms with Gasteiger partial charge in [0.15, 0.2) is 5.78 Å². The minimum atomic E-state index is -0.390. The number of nitrogens with zero attached hydrogens (tertiary/aromatic N) is 1. The van der Waals surface area contributed by atoms with Crippen LogP contribution in [0.5, 0.6) is 0 Å². The van der Waals surface area contributed by atoms with E-state index in [0.717, 1.165) is 6.42 Å². The first kappa shape index (κ1) is 10.2. The zero-order valence-electron chi connectivity index (χ0n) is 9.07. The van der Waals surface area contributed by atoms with Crippen molar-refractivity contribution >= 4 is 5.78 Å². The summed E-state index contributed by atoms with van der Waals surface area (Å²) in [6, 6.07) is 6.26. The van der Waals surface area contributed by atoms with Gasteiger partial charge in [-0.05, 0) is 18.6 Å². The van der Waals surface area contributed by atoms with Crippen LogP contribution in [0.3, 0.4) is 0 Å². The lowest BCUT2D eigenvalue weighted by atomic mass is 10.0. The van der Waals surface area contributed by atoms with Gasteiger partial charge in [-0.1, -0.05) is 12.1 Å². The molecule has 0 radical (unpaired) electrons. The lowest BCUT2D eigenvalue weighted by Crippen LogP contribution is -2.09. The number of halogens is 1. The molecule has 0 atom stereocenters. The number of ketones is 1. The summed E-state index contributed by atoms with van der Waals surface area (Å²) in [6.07, 6.45) is 1.97. The number of aryl methyl sites for hydroxylation is 1. The van der Waals surface area contributed by atoms with Crippen molar-refractivity contribution in [2.24, 2.45) is 0 Å². The maximum Gasteiger partial charge on any atom is 0.229 e. The zero-order valence-corrected chi connectivity index (χ0v) is 9.07. The molecule has 0 saturated carbocycles. The predicted molar refractivity (Wildman–Crippen MR) is 59.2 cm³/mol. The number of hydrogen-bond acceptors (Lipinski definition) is 3. The summed E-state index contributed by atoms with van der Waals surface area (Å²) in [4.78, 5) is 15.7. The fraction of sp³-hybridized carbons (Fsp3) is 0.231. The first-order valence-corrected chi connectivity index (χ1v) is 5.53. The standard InChI is InChI=1S/C13H10FNO2/c14-9-5-2-1-4-8(9)13-15-12-10(16)6-3-7-11(12)17-13/h1-2,4-5H,3,6-7H2.